The van der Waals surface area contributed by atoms with E-state index in [4.69, 9.17) is 4.52 Å². The van der Waals surface area contributed by atoms with E-state index in [1.54, 1.807) is 4.90 Å². The molecule has 1 aliphatic carbocycles. The van der Waals surface area contributed by atoms with Crippen LogP contribution < -0.4 is 0 Å². The van der Waals surface area contributed by atoms with Gasteiger partial charge in [-0.3, -0.25) is 4.79 Å². The van der Waals surface area contributed by atoms with Gasteiger partial charge in [-0.05, 0) is 24.8 Å². The van der Waals surface area contributed by atoms with E-state index in [2.05, 4.69) is 10.1 Å². The largest absolute Gasteiger partial charge is 0.339 e. The van der Waals surface area contributed by atoms with E-state index in [0.29, 0.717) is 50.1 Å². The average molecular weight is 433 g/mol. The Morgan fingerprint density at radius 1 is 1.23 bits per heavy atom. The molecule has 1 amide bonds. The second kappa shape index (κ2) is 8.85. The van der Waals surface area contributed by atoms with Crippen LogP contribution in [0.3, 0.4) is 0 Å². The molecule has 2 aromatic rings. The number of hydrogen-bond donors (Lipinski definition) is 0. The monoisotopic (exact) mass is 432 g/mol. The van der Waals surface area contributed by atoms with Crippen molar-refractivity contribution in [2.75, 3.05) is 19.6 Å². The van der Waals surface area contributed by atoms with Crippen LogP contribution in [0.4, 0.5) is 0 Å². The molecule has 2 aliphatic rings. The van der Waals surface area contributed by atoms with Gasteiger partial charge in [0.15, 0.2) is 5.82 Å². The van der Waals surface area contributed by atoms with Crippen LogP contribution in [0.1, 0.15) is 55.8 Å². The molecule has 8 nitrogen and oxygen atoms in total. The number of hydrogen-bond acceptors (Lipinski definition) is 6. The van der Waals surface area contributed by atoms with Crippen LogP contribution >= 0.6 is 0 Å². The van der Waals surface area contributed by atoms with E-state index in [-0.39, 0.29) is 17.7 Å². The standard InChI is InChI=1S/C21H28N4O4S/c1-16(26)25(13-11-20-22-21(29-23-20)18-8-5-9-18)19-10-12-24(14-19)30(27,28)15-17-6-3-2-4-7-17/h2-4,6-7,18-19H,5,8-15H2,1H3. The van der Waals surface area contributed by atoms with E-state index < -0.39 is 10.0 Å². The summed E-state index contributed by atoms with van der Waals surface area (Å²) in [7, 11) is -3.42. The first-order valence-electron chi connectivity index (χ1n) is 10.5. The van der Waals surface area contributed by atoms with Crippen molar-refractivity contribution >= 4 is 15.9 Å². The maximum Gasteiger partial charge on any atom is 0.229 e. The summed E-state index contributed by atoms with van der Waals surface area (Å²) in [6.07, 6.45) is 4.52. The summed E-state index contributed by atoms with van der Waals surface area (Å²) < 4.78 is 32.5. The van der Waals surface area contributed by atoms with Gasteiger partial charge in [-0.2, -0.15) is 9.29 Å². The Morgan fingerprint density at radius 3 is 2.67 bits per heavy atom. The normalized spacial score (nSPS) is 20.2. The predicted octanol–water partition coefficient (Wildman–Crippen LogP) is 2.33. The minimum atomic E-state index is -3.42. The first-order chi connectivity index (χ1) is 14.4. The fourth-order valence-corrected chi connectivity index (χ4v) is 5.68. The van der Waals surface area contributed by atoms with Crippen molar-refractivity contribution in [1.82, 2.24) is 19.3 Å². The maximum absolute atomic E-state index is 12.8. The summed E-state index contributed by atoms with van der Waals surface area (Å²) in [6.45, 7) is 2.74. The molecule has 0 radical (unpaired) electrons. The van der Waals surface area contributed by atoms with Gasteiger partial charge in [0.05, 0.1) is 5.75 Å². The fourth-order valence-electron chi connectivity index (χ4n) is 4.10. The van der Waals surface area contributed by atoms with E-state index in [9.17, 15) is 13.2 Å². The molecule has 1 unspecified atom stereocenters. The first kappa shape index (κ1) is 21.0. The molecular weight excluding hydrogens is 404 g/mol. The van der Waals surface area contributed by atoms with Crippen molar-refractivity contribution in [3.8, 4) is 0 Å². The molecule has 1 aliphatic heterocycles. The van der Waals surface area contributed by atoms with Gasteiger partial charge in [-0.1, -0.05) is 41.9 Å². The molecule has 0 spiro atoms. The van der Waals surface area contributed by atoms with Crippen molar-refractivity contribution in [3.63, 3.8) is 0 Å². The molecule has 9 heteroatoms. The molecule has 162 valence electrons. The van der Waals surface area contributed by atoms with Gasteiger partial charge in [0, 0.05) is 44.9 Å². The lowest BCUT2D eigenvalue weighted by Gasteiger charge is -2.27. The van der Waals surface area contributed by atoms with Crippen LogP contribution in [-0.4, -0.2) is 59.3 Å². The third-order valence-electron chi connectivity index (χ3n) is 6.07. The number of carbonyl (C=O) groups excluding carboxylic acids is 1. The summed E-state index contributed by atoms with van der Waals surface area (Å²) in [5.74, 6) is 1.60. The number of amides is 1. The van der Waals surface area contributed by atoms with Gasteiger partial charge in [-0.15, -0.1) is 0 Å². The Bertz CT molecular complexity index is 972. The number of nitrogens with zero attached hydrogens (tertiary/aromatic N) is 4. The lowest BCUT2D eigenvalue weighted by Crippen LogP contribution is -2.43. The van der Waals surface area contributed by atoms with E-state index in [0.717, 1.165) is 18.4 Å². The van der Waals surface area contributed by atoms with Crippen molar-refractivity contribution < 1.29 is 17.7 Å². The molecule has 1 atom stereocenters. The van der Waals surface area contributed by atoms with Gasteiger partial charge >= 0.3 is 0 Å². The summed E-state index contributed by atoms with van der Waals surface area (Å²) in [5, 5.41) is 4.05. The Balaban J connectivity index is 1.35. The number of benzene rings is 1. The number of aromatic nitrogens is 2. The number of sulfonamides is 1. The predicted molar refractivity (Wildman–Crippen MR) is 111 cm³/mol. The minimum absolute atomic E-state index is 0.0204. The van der Waals surface area contributed by atoms with Crippen molar-refractivity contribution in [3.05, 3.63) is 47.6 Å². The van der Waals surface area contributed by atoms with Crippen molar-refractivity contribution in [2.24, 2.45) is 0 Å². The second-order valence-electron chi connectivity index (χ2n) is 8.18. The second-order valence-corrected chi connectivity index (χ2v) is 10.2. The highest BCUT2D eigenvalue weighted by atomic mass is 32.2. The Hall–Kier alpha value is -2.26. The summed E-state index contributed by atoms with van der Waals surface area (Å²) >= 11 is 0. The maximum atomic E-state index is 12.8. The Morgan fingerprint density at radius 2 is 2.00 bits per heavy atom. The van der Waals surface area contributed by atoms with Gasteiger partial charge in [0.1, 0.15) is 0 Å². The topological polar surface area (TPSA) is 96.6 Å². The lowest BCUT2D eigenvalue weighted by atomic mass is 9.85. The smallest absolute Gasteiger partial charge is 0.229 e. The molecule has 1 saturated carbocycles. The van der Waals surface area contributed by atoms with E-state index in [1.165, 1.54) is 17.6 Å². The Kier molecular flexibility index (Phi) is 6.19. The molecule has 1 aromatic heterocycles. The summed E-state index contributed by atoms with van der Waals surface area (Å²) in [5.41, 5.74) is 0.767. The zero-order valence-electron chi connectivity index (χ0n) is 17.2. The number of carbonyl (C=O) groups is 1. The zero-order chi connectivity index (χ0) is 21.1. The van der Waals surface area contributed by atoms with E-state index in [1.807, 2.05) is 30.3 Å². The third kappa shape index (κ3) is 4.73. The zero-order valence-corrected chi connectivity index (χ0v) is 18.1. The highest BCUT2D eigenvalue weighted by Crippen LogP contribution is 2.35. The van der Waals surface area contributed by atoms with Crippen LogP contribution in [0.5, 0.6) is 0 Å². The first-order valence-corrected chi connectivity index (χ1v) is 12.1. The van der Waals surface area contributed by atoms with Crippen LogP contribution in [0, 0.1) is 0 Å². The van der Waals surface area contributed by atoms with Crippen LogP contribution in [0.25, 0.3) is 0 Å². The van der Waals surface area contributed by atoms with Gasteiger partial charge < -0.3 is 9.42 Å². The molecule has 4 rings (SSSR count). The van der Waals surface area contributed by atoms with Crippen LogP contribution in [0.2, 0.25) is 0 Å². The highest BCUT2D eigenvalue weighted by molar-refractivity contribution is 7.88. The molecule has 2 fully saturated rings. The van der Waals surface area contributed by atoms with E-state index >= 15 is 0 Å². The molecule has 1 saturated heterocycles. The molecular formula is C21H28N4O4S. The fraction of sp³-hybridized carbons (Fsp3) is 0.571. The molecule has 30 heavy (non-hydrogen) atoms. The quantitative estimate of drug-likeness (QED) is 0.635. The third-order valence-corrected chi connectivity index (χ3v) is 7.89. The minimum Gasteiger partial charge on any atom is -0.339 e. The van der Waals surface area contributed by atoms with Crippen molar-refractivity contribution in [1.29, 1.82) is 0 Å². The van der Waals surface area contributed by atoms with Gasteiger partial charge in [0.25, 0.3) is 0 Å². The van der Waals surface area contributed by atoms with Crippen molar-refractivity contribution in [2.45, 2.75) is 56.7 Å². The van der Waals surface area contributed by atoms with Gasteiger partial charge in [0.2, 0.25) is 21.8 Å². The Labute approximate surface area is 177 Å². The highest BCUT2D eigenvalue weighted by Gasteiger charge is 2.35. The average Bonchev–Trinajstić information content (AvgIpc) is 3.31. The van der Waals surface area contributed by atoms with Crippen LogP contribution in [-0.2, 0) is 27.0 Å². The SMILES string of the molecule is CC(=O)N(CCc1noc(C2CCC2)n1)C1CCN(S(=O)(=O)Cc2ccccc2)C1. The number of rotatable bonds is 8. The summed E-state index contributed by atoms with van der Waals surface area (Å²) in [6, 6.07) is 9.04. The van der Waals surface area contributed by atoms with Gasteiger partial charge in [-0.25, -0.2) is 8.42 Å². The molecule has 2 heterocycles. The summed E-state index contributed by atoms with van der Waals surface area (Å²) in [4.78, 5) is 18.5. The molecule has 0 N–H and O–H groups in total. The molecule has 1 aromatic carbocycles. The molecule has 0 bridgehead atoms. The van der Waals surface area contributed by atoms with Crippen LogP contribution in [0.15, 0.2) is 34.9 Å². The lowest BCUT2D eigenvalue weighted by molar-refractivity contribution is -0.130.